The van der Waals surface area contributed by atoms with E-state index in [-0.39, 0.29) is 5.91 Å². The summed E-state index contributed by atoms with van der Waals surface area (Å²) in [5.41, 5.74) is 2.15. The Balaban J connectivity index is 1.77. The van der Waals surface area contributed by atoms with Gasteiger partial charge in [0.15, 0.2) is 0 Å². The maximum atomic E-state index is 12.7. The van der Waals surface area contributed by atoms with Crippen LogP contribution in [0.3, 0.4) is 0 Å². The van der Waals surface area contributed by atoms with Crippen molar-refractivity contribution in [2.24, 2.45) is 0 Å². The van der Waals surface area contributed by atoms with Crippen molar-refractivity contribution in [3.05, 3.63) is 76.0 Å². The predicted octanol–water partition coefficient (Wildman–Crippen LogP) is 4.46. The number of carbonyl (C=O) groups excluding carboxylic acids is 1. The Kier molecular flexibility index (Phi) is 5.49. The zero-order valence-electron chi connectivity index (χ0n) is 14.3. The van der Waals surface area contributed by atoms with Crippen molar-refractivity contribution in [3.63, 3.8) is 0 Å². The average molecular weight is 390 g/mol. The SMILES string of the molecule is COc1ccc(Cl)cc1CN(C)C(=O)c1cnn(-c2ccc(Cl)cc2)c1. The summed E-state index contributed by atoms with van der Waals surface area (Å²) >= 11 is 12.0. The van der Waals surface area contributed by atoms with E-state index in [0.717, 1.165) is 11.3 Å². The van der Waals surface area contributed by atoms with Crippen LogP contribution in [0, 0.1) is 0 Å². The molecule has 0 fully saturated rings. The quantitative estimate of drug-likeness (QED) is 0.646. The smallest absolute Gasteiger partial charge is 0.257 e. The van der Waals surface area contributed by atoms with E-state index >= 15 is 0 Å². The number of benzene rings is 2. The molecule has 0 aliphatic carbocycles. The number of hydrogen-bond donors (Lipinski definition) is 0. The maximum Gasteiger partial charge on any atom is 0.257 e. The lowest BCUT2D eigenvalue weighted by Gasteiger charge is -2.18. The van der Waals surface area contributed by atoms with Crippen LogP contribution < -0.4 is 4.74 Å². The zero-order chi connectivity index (χ0) is 18.7. The first-order valence-electron chi connectivity index (χ1n) is 7.86. The van der Waals surface area contributed by atoms with E-state index in [9.17, 15) is 4.79 Å². The number of methoxy groups -OCH3 is 1. The van der Waals surface area contributed by atoms with E-state index < -0.39 is 0 Å². The molecule has 0 unspecified atom stereocenters. The van der Waals surface area contributed by atoms with E-state index in [0.29, 0.717) is 27.9 Å². The van der Waals surface area contributed by atoms with Gasteiger partial charge in [0, 0.05) is 35.4 Å². The molecule has 2 aromatic carbocycles. The Hall–Kier alpha value is -2.50. The fourth-order valence-electron chi connectivity index (χ4n) is 2.59. The van der Waals surface area contributed by atoms with Crippen LogP contribution in [0.15, 0.2) is 54.9 Å². The number of nitrogens with zero attached hydrogens (tertiary/aromatic N) is 3. The Bertz CT molecular complexity index is 923. The number of halogens is 2. The molecule has 0 bridgehead atoms. The van der Waals surface area contributed by atoms with E-state index in [1.807, 2.05) is 12.1 Å². The molecule has 3 rings (SSSR count). The molecule has 0 spiro atoms. The fourth-order valence-corrected chi connectivity index (χ4v) is 2.91. The highest BCUT2D eigenvalue weighted by molar-refractivity contribution is 6.30. The minimum absolute atomic E-state index is 0.146. The molecule has 0 atom stereocenters. The van der Waals surface area contributed by atoms with Gasteiger partial charge in [0.1, 0.15) is 5.75 Å². The molecule has 3 aromatic rings. The Morgan fingerprint density at radius 1 is 1.15 bits per heavy atom. The number of carbonyl (C=O) groups is 1. The lowest BCUT2D eigenvalue weighted by molar-refractivity contribution is 0.0784. The van der Waals surface area contributed by atoms with Crippen LogP contribution >= 0.6 is 23.2 Å². The third-order valence-electron chi connectivity index (χ3n) is 3.92. The summed E-state index contributed by atoms with van der Waals surface area (Å²) in [5, 5.41) is 5.50. The van der Waals surface area contributed by atoms with Gasteiger partial charge in [-0.2, -0.15) is 5.10 Å². The van der Waals surface area contributed by atoms with Crippen LogP contribution in [0.2, 0.25) is 10.0 Å². The Morgan fingerprint density at radius 2 is 1.85 bits per heavy atom. The molecule has 0 saturated carbocycles. The van der Waals surface area contributed by atoms with Gasteiger partial charge in [0.2, 0.25) is 0 Å². The molecular weight excluding hydrogens is 373 g/mol. The minimum atomic E-state index is -0.146. The molecule has 7 heteroatoms. The third kappa shape index (κ3) is 4.00. The van der Waals surface area contributed by atoms with Crippen LogP contribution in [0.5, 0.6) is 5.75 Å². The Morgan fingerprint density at radius 3 is 2.54 bits per heavy atom. The summed E-state index contributed by atoms with van der Waals surface area (Å²) in [5.74, 6) is 0.540. The second-order valence-electron chi connectivity index (χ2n) is 5.77. The van der Waals surface area contributed by atoms with Gasteiger partial charge >= 0.3 is 0 Å². The first kappa shape index (κ1) is 18.3. The van der Waals surface area contributed by atoms with Crippen molar-refractivity contribution in [3.8, 4) is 11.4 Å². The van der Waals surface area contributed by atoms with E-state index in [1.54, 1.807) is 66.5 Å². The summed E-state index contributed by atoms with van der Waals surface area (Å²) in [6.07, 6.45) is 3.24. The highest BCUT2D eigenvalue weighted by atomic mass is 35.5. The van der Waals surface area contributed by atoms with E-state index in [2.05, 4.69) is 5.10 Å². The second-order valence-corrected chi connectivity index (χ2v) is 6.64. The van der Waals surface area contributed by atoms with Gasteiger partial charge in [0.25, 0.3) is 5.91 Å². The summed E-state index contributed by atoms with van der Waals surface area (Å²) in [6, 6.07) is 12.6. The standard InChI is InChI=1S/C19H17Cl2N3O2/c1-23(11-13-9-16(21)5-8-18(13)26-2)19(25)14-10-22-24(12-14)17-6-3-15(20)4-7-17/h3-10,12H,11H2,1-2H3. The molecule has 1 aromatic heterocycles. The van der Waals surface area contributed by atoms with Gasteiger partial charge < -0.3 is 9.64 Å². The van der Waals surface area contributed by atoms with Gasteiger partial charge in [-0.05, 0) is 42.5 Å². The normalized spacial score (nSPS) is 10.6. The van der Waals surface area contributed by atoms with Gasteiger partial charge in [0.05, 0.1) is 24.6 Å². The number of amides is 1. The predicted molar refractivity (Wildman–Crippen MR) is 102 cm³/mol. The summed E-state index contributed by atoms with van der Waals surface area (Å²) < 4.78 is 6.97. The second kappa shape index (κ2) is 7.81. The molecule has 134 valence electrons. The van der Waals surface area contributed by atoms with Crippen molar-refractivity contribution in [1.82, 2.24) is 14.7 Å². The van der Waals surface area contributed by atoms with Gasteiger partial charge in [-0.1, -0.05) is 23.2 Å². The molecule has 26 heavy (non-hydrogen) atoms. The van der Waals surface area contributed by atoms with Crippen LogP contribution in [-0.2, 0) is 6.54 Å². The molecule has 5 nitrogen and oxygen atoms in total. The molecular formula is C19H17Cl2N3O2. The zero-order valence-corrected chi connectivity index (χ0v) is 15.8. The molecule has 1 heterocycles. The number of aromatic nitrogens is 2. The molecule has 1 amide bonds. The maximum absolute atomic E-state index is 12.7. The average Bonchev–Trinajstić information content (AvgIpc) is 3.12. The summed E-state index contributed by atoms with van der Waals surface area (Å²) in [6.45, 7) is 0.370. The van der Waals surface area contributed by atoms with Crippen LogP contribution in [-0.4, -0.2) is 34.7 Å². The summed E-state index contributed by atoms with van der Waals surface area (Å²) in [4.78, 5) is 14.3. The van der Waals surface area contributed by atoms with Crippen molar-refractivity contribution >= 4 is 29.1 Å². The van der Waals surface area contributed by atoms with Gasteiger partial charge in [-0.15, -0.1) is 0 Å². The number of hydrogen-bond acceptors (Lipinski definition) is 3. The monoisotopic (exact) mass is 389 g/mol. The number of ether oxygens (including phenoxy) is 1. The topological polar surface area (TPSA) is 47.4 Å². The first-order chi connectivity index (χ1) is 12.5. The number of rotatable bonds is 5. The van der Waals surface area contributed by atoms with Gasteiger partial charge in [-0.3, -0.25) is 4.79 Å². The van der Waals surface area contributed by atoms with E-state index in [4.69, 9.17) is 27.9 Å². The highest BCUT2D eigenvalue weighted by Crippen LogP contribution is 2.24. The Labute approximate surface area is 161 Å². The van der Waals surface area contributed by atoms with Crippen LogP contribution in [0.25, 0.3) is 5.69 Å². The molecule has 0 aliphatic heterocycles. The lowest BCUT2D eigenvalue weighted by atomic mass is 10.2. The molecule has 0 saturated heterocycles. The minimum Gasteiger partial charge on any atom is -0.496 e. The third-order valence-corrected chi connectivity index (χ3v) is 4.40. The summed E-state index contributed by atoms with van der Waals surface area (Å²) in [7, 11) is 3.31. The van der Waals surface area contributed by atoms with Crippen LogP contribution in [0.1, 0.15) is 15.9 Å². The van der Waals surface area contributed by atoms with Crippen molar-refractivity contribution in [2.75, 3.05) is 14.2 Å². The van der Waals surface area contributed by atoms with E-state index in [1.165, 1.54) is 0 Å². The van der Waals surface area contributed by atoms with Crippen molar-refractivity contribution in [2.45, 2.75) is 6.54 Å². The molecule has 0 radical (unpaired) electrons. The van der Waals surface area contributed by atoms with Crippen LogP contribution in [0.4, 0.5) is 0 Å². The van der Waals surface area contributed by atoms with Crippen molar-refractivity contribution in [1.29, 1.82) is 0 Å². The lowest BCUT2D eigenvalue weighted by Crippen LogP contribution is -2.26. The van der Waals surface area contributed by atoms with Gasteiger partial charge in [-0.25, -0.2) is 4.68 Å². The fraction of sp³-hybridized carbons (Fsp3) is 0.158. The highest BCUT2D eigenvalue weighted by Gasteiger charge is 2.16. The van der Waals surface area contributed by atoms with Crippen molar-refractivity contribution < 1.29 is 9.53 Å². The molecule has 0 N–H and O–H groups in total. The molecule has 0 aliphatic rings. The first-order valence-corrected chi connectivity index (χ1v) is 8.62. The largest absolute Gasteiger partial charge is 0.496 e.